The van der Waals surface area contributed by atoms with Gasteiger partial charge in [0.1, 0.15) is 5.75 Å². The van der Waals surface area contributed by atoms with Gasteiger partial charge in [-0.3, -0.25) is 0 Å². The maximum atomic E-state index is 9.70. The van der Waals surface area contributed by atoms with Crippen LogP contribution in [0, 0.1) is 0 Å². The third-order valence-electron chi connectivity index (χ3n) is 4.47. The zero-order valence-electron chi connectivity index (χ0n) is 11.3. The van der Waals surface area contributed by atoms with E-state index >= 15 is 0 Å². The Kier molecular flexibility index (Phi) is 1.90. The van der Waals surface area contributed by atoms with Crippen LogP contribution < -0.4 is 0 Å². The van der Waals surface area contributed by atoms with Crippen LogP contribution in [0.15, 0.2) is 66.7 Å². The Bertz CT molecular complexity index is 1040. The Morgan fingerprint density at radius 3 is 2.29 bits per heavy atom. The normalized spacial score (nSPS) is 12.0. The molecule has 1 heteroatoms. The van der Waals surface area contributed by atoms with Crippen LogP contribution in [-0.2, 0) is 0 Å². The fourth-order valence-corrected chi connectivity index (χ4v) is 3.61. The van der Waals surface area contributed by atoms with Crippen LogP contribution in [0.5, 0.6) is 5.75 Å². The lowest BCUT2D eigenvalue weighted by Gasteiger charge is -2.07. The van der Waals surface area contributed by atoms with E-state index < -0.39 is 0 Å². The van der Waals surface area contributed by atoms with Gasteiger partial charge in [-0.1, -0.05) is 54.6 Å². The first-order valence-corrected chi connectivity index (χ1v) is 7.11. The number of phenolic OH excluding ortho intramolecular Hbond substituents is 1. The van der Waals surface area contributed by atoms with Gasteiger partial charge in [0.25, 0.3) is 0 Å². The smallest absolute Gasteiger partial charge is 0.116 e. The highest BCUT2D eigenvalue weighted by Gasteiger charge is 2.22. The van der Waals surface area contributed by atoms with Gasteiger partial charge in [-0.25, -0.2) is 0 Å². The molecule has 0 aliphatic heterocycles. The van der Waals surface area contributed by atoms with Crippen molar-refractivity contribution in [2.24, 2.45) is 0 Å². The summed E-state index contributed by atoms with van der Waals surface area (Å²) in [5.74, 6) is 0.316. The second-order valence-corrected chi connectivity index (χ2v) is 5.60. The van der Waals surface area contributed by atoms with Crippen molar-refractivity contribution in [2.45, 2.75) is 0 Å². The molecule has 21 heavy (non-hydrogen) atoms. The molecule has 0 heterocycles. The molecule has 4 aromatic rings. The highest BCUT2D eigenvalue weighted by atomic mass is 16.3. The largest absolute Gasteiger partial charge is 0.508 e. The number of rotatable bonds is 0. The van der Waals surface area contributed by atoms with Gasteiger partial charge in [-0.15, -0.1) is 0 Å². The van der Waals surface area contributed by atoms with Crippen molar-refractivity contribution in [3.63, 3.8) is 0 Å². The van der Waals surface area contributed by atoms with Gasteiger partial charge in [0.15, 0.2) is 0 Å². The monoisotopic (exact) mass is 268 g/mol. The average molecular weight is 268 g/mol. The van der Waals surface area contributed by atoms with Crippen molar-refractivity contribution in [3.8, 4) is 28.0 Å². The first-order valence-electron chi connectivity index (χ1n) is 7.11. The Balaban J connectivity index is 2.04. The van der Waals surface area contributed by atoms with E-state index in [1.807, 2.05) is 12.1 Å². The van der Waals surface area contributed by atoms with Crippen LogP contribution in [0.3, 0.4) is 0 Å². The second kappa shape index (κ2) is 3.64. The van der Waals surface area contributed by atoms with E-state index in [4.69, 9.17) is 0 Å². The minimum Gasteiger partial charge on any atom is -0.508 e. The van der Waals surface area contributed by atoms with Crippen LogP contribution in [0.4, 0.5) is 0 Å². The van der Waals surface area contributed by atoms with E-state index in [0.717, 1.165) is 5.39 Å². The van der Waals surface area contributed by atoms with Crippen molar-refractivity contribution in [3.05, 3.63) is 66.7 Å². The summed E-state index contributed by atoms with van der Waals surface area (Å²) in [6.45, 7) is 0. The van der Waals surface area contributed by atoms with Crippen molar-refractivity contribution in [2.75, 3.05) is 0 Å². The summed E-state index contributed by atoms with van der Waals surface area (Å²) in [7, 11) is 0. The van der Waals surface area contributed by atoms with Crippen molar-refractivity contribution in [1.82, 2.24) is 0 Å². The molecule has 4 aromatic carbocycles. The maximum Gasteiger partial charge on any atom is 0.116 e. The van der Waals surface area contributed by atoms with Crippen molar-refractivity contribution < 1.29 is 5.11 Å². The lowest BCUT2D eigenvalue weighted by molar-refractivity contribution is 0.476. The highest BCUT2D eigenvalue weighted by Crippen LogP contribution is 2.49. The van der Waals surface area contributed by atoms with Crippen molar-refractivity contribution in [1.29, 1.82) is 0 Å². The van der Waals surface area contributed by atoms with Gasteiger partial charge in [0, 0.05) is 0 Å². The van der Waals surface area contributed by atoms with Crippen LogP contribution in [0.25, 0.3) is 43.8 Å². The first-order chi connectivity index (χ1) is 10.3. The number of fused-ring (bicyclic) bond motifs is 5. The number of benzene rings is 4. The van der Waals surface area contributed by atoms with Crippen LogP contribution in [0.1, 0.15) is 0 Å². The fraction of sp³-hybridized carbons (Fsp3) is 0. The molecule has 0 saturated heterocycles. The summed E-state index contributed by atoms with van der Waals surface area (Å²) >= 11 is 0. The lowest BCUT2D eigenvalue weighted by Crippen LogP contribution is -1.80. The quantitative estimate of drug-likeness (QED) is 0.401. The molecule has 0 saturated carbocycles. The van der Waals surface area contributed by atoms with Gasteiger partial charge in [0.2, 0.25) is 0 Å². The van der Waals surface area contributed by atoms with E-state index in [9.17, 15) is 5.11 Å². The van der Waals surface area contributed by atoms with E-state index in [1.165, 1.54) is 38.4 Å². The summed E-state index contributed by atoms with van der Waals surface area (Å²) in [4.78, 5) is 0. The third kappa shape index (κ3) is 1.30. The predicted molar refractivity (Wildman–Crippen MR) is 87.5 cm³/mol. The number of hydrogen-bond acceptors (Lipinski definition) is 1. The Morgan fingerprint density at radius 2 is 1.43 bits per heavy atom. The maximum absolute atomic E-state index is 9.70. The molecule has 0 atom stereocenters. The molecule has 1 aliphatic carbocycles. The third-order valence-corrected chi connectivity index (χ3v) is 4.47. The minimum absolute atomic E-state index is 0.316. The van der Waals surface area contributed by atoms with Gasteiger partial charge in [-0.05, 0) is 55.9 Å². The summed E-state index contributed by atoms with van der Waals surface area (Å²) in [6.07, 6.45) is 0. The second-order valence-electron chi connectivity index (χ2n) is 5.60. The Morgan fingerprint density at radius 1 is 0.619 bits per heavy atom. The zero-order valence-corrected chi connectivity index (χ0v) is 11.3. The summed E-state index contributed by atoms with van der Waals surface area (Å²) in [5, 5.41) is 14.6. The molecular weight excluding hydrogens is 256 g/mol. The average Bonchev–Trinajstić information content (AvgIpc) is 2.84. The van der Waals surface area contributed by atoms with Crippen LogP contribution >= 0.6 is 0 Å². The molecule has 98 valence electrons. The highest BCUT2D eigenvalue weighted by molar-refractivity contribution is 6.21. The van der Waals surface area contributed by atoms with Crippen LogP contribution in [0.2, 0.25) is 0 Å². The van der Waals surface area contributed by atoms with E-state index in [-0.39, 0.29) is 0 Å². The Labute approximate surface area is 122 Å². The van der Waals surface area contributed by atoms with E-state index in [0.29, 0.717) is 5.75 Å². The molecule has 0 spiro atoms. The summed E-state index contributed by atoms with van der Waals surface area (Å²) in [5.41, 5.74) is 5.20. The SMILES string of the molecule is Oc1ccc2c3c(ccc2c1)-c1cccc2cccc-3c12. The Hall–Kier alpha value is -2.80. The summed E-state index contributed by atoms with van der Waals surface area (Å²) < 4.78 is 0. The number of phenols is 1. The molecule has 0 aromatic heterocycles. The van der Waals surface area contributed by atoms with E-state index in [2.05, 4.69) is 48.5 Å². The minimum atomic E-state index is 0.316. The van der Waals surface area contributed by atoms with Crippen molar-refractivity contribution >= 4 is 21.5 Å². The summed E-state index contributed by atoms with van der Waals surface area (Å²) in [6, 6.07) is 22.9. The molecule has 0 bridgehead atoms. The first kappa shape index (κ1) is 10.9. The van der Waals surface area contributed by atoms with Gasteiger partial charge >= 0.3 is 0 Å². The predicted octanol–water partition coefficient (Wildman–Crippen LogP) is 5.35. The van der Waals surface area contributed by atoms with Crippen LogP contribution in [-0.4, -0.2) is 5.11 Å². The topological polar surface area (TPSA) is 20.2 Å². The zero-order chi connectivity index (χ0) is 14.0. The van der Waals surface area contributed by atoms with Gasteiger partial charge < -0.3 is 5.11 Å². The van der Waals surface area contributed by atoms with E-state index in [1.54, 1.807) is 6.07 Å². The molecular formula is C20H12O. The molecule has 0 radical (unpaired) electrons. The van der Waals surface area contributed by atoms with Gasteiger partial charge in [-0.2, -0.15) is 0 Å². The molecule has 0 unspecified atom stereocenters. The molecule has 1 N–H and O–H groups in total. The number of aromatic hydroxyl groups is 1. The van der Waals surface area contributed by atoms with Gasteiger partial charge in [0.05, 0.1) is 0 Å². The molecule has 5 rings (SSSR count). The number of hydrogen-bond donors (Lipinski definition) is 1. The standard InChI is InChI=1S/C20H12O/c21-14-8-10-15-13(11-14)7-9-17-16-5-1-3-12-4-2-6-18(19(12)16)20(15)17/h1-11,21H. The molecule has 0 amide bonds. The lowest BCUT2D eigenvalue weighted by atomic mass is 9.96. The molecule has 1 aliphatic rings. The molecule has 1 nitrogen and oxygen atoms in total. The molecule has 0 fully saturated rings. The fourth-order valence-electron chi connectivity index (χ4n) is 3.61.